The number of halogens is 1. The lowest BCUT2D eigenvalue weighted by atomic mass is 10.0. The standard InChI is InChI=1S/C11H11FN2O6S/c12-7-4-8-6(1-2-10(15)13-8)3-9(7)21(18,19)14-20-5-11(16)17/h3-4,14H,1-2,5H2,(H,13,15)(H,16,17). The molecule has 1 aromatic carbocycles. The van der Waals surface area contributed by atoms with Crippen LogP contribution in [0.15, 0.2) is 17.0 Å². The monoisotopic (exact) mass is 318 g/mol. The van der Waals surface area contributed by atoms with Crippen molar-refractivity contribution in [1.29, 1.82) is 0 Å². The largest absolute Gasteiger partial charge is 0.479 e. The van der Waals surface area contributed by atoms with E-state index in [1.165, 1.54) is 4.89 Å². The average Bonchev–Trinajstić information content (AvgIpc) is 2.36. The Hall–Kier alpha value is -2.04. The van der Waals surface area contributed by atoms with Gasteiger partial charge in [-0.15, -0.1) is 0 Å². The van der Waals surface area contributed by atoms with E-state index in [0.29, 0.717) is 5.56 Å². The minimum atomic E-state index is -4.36. The molecule has 10 heteroatoms. The van der Waals surface area contributed by atoms with Crippen LogP contribution in [0.4, 0.5) is 10.1 Å². The van der Waals surface area contributed by atoms with Crippen molar-refractivity contribution in [3.05, 3.63) is 23.5 Å². The number of aliphatic carboxylic acids is 1. The number of amides is 1. The first-order chi connectivity index (χ1) is 9.79. The predicted octanol–water partition coefficient (Wildman–Crippen LogP) is 0.00490. The quantitative estimate of drug-likeness (QED) is 0.657. The molecule has 0 bridgehead atoms. The van der Waals surface area contributed by atoms with Crippen LogP contribution in [0, 0.1) is 5.82 Å². The summed E-state index contributed by atoms with van der Waals surface area (Å²) in [4.78, 5) is 26.5. The van der Waals surface area contributed by atoms with E-state index in [4.69, 9.17) is 5.11 Å². The van der Waals surface area contributed by atoms with Crippen LogP contribution < -0.4 is 10.2 Å². The van der Waals surface area contributed by atoms with E-state index < -0.39 is 33.3 Å². The molecule has 0 radical (unpaired) electrons. The van der Waals surface area contributed by atoms with Crippen molar-refractivity contribution >= 4 is 27.6 Å². The second-order valence-corrected chi connectivity index (χ2v) is 5.87. The highest BCUT2D eigenvalue weighted by Crippen LogP contribution is 2.27. The molecule has 0 fully saturated rings. The van der Waals surface area contributed by atoms with Crippen LogP contribution in [0.3, 0.4) is 0 Å². The molecule has 0 spiro atoms. The van der Waals surface area contributed by atoms with Crippen molar-refractivity contribution in [2.24, 2.45) is 0 Å². The Balaban J connectivity index is 2.27. The normalized spacial score (nSPS) is 14.4. The van der Waals surface area contributed by atoms with Gasteiger partial charge in [0.25, 0.3) is 10.0 Å². The highest BCUT2D eigenvalue weighted by Gasteiger charge is 2.24. The molecule has 2 rings (SSSR count). The number of hydrogen-bond acceptors (Lipinski definition) is 5. The number of anilines is 1. The number of benzene rings is 1. The number of carboxylic acids is 1. The lowest BCUT2D eigenvalue weighted by Gasteiger charge is -2.18. The molecule has 0 aromatic heterocycles. The van der Waals surface area contributed by atoms with Gasteiger partial charge in [0.05, 0.1) is 0 Å². The van der Waals surface area contributed by atoms with Crippen molar-refractivity contribution in [2.75, 3.05) is 11.9 Å². The molecule has 3 N–H and O–H groups in total. The topological polar surface area (TPSA) is 122 Å². The number of carbonyl (C=O) groups excluding carboxylic acids is 1. The van der Waals surface area contributed by atoms with Gasteiger partial charge < -0.3 is 10.4 Å². The molecule has 114 valence electrons. The number of nitrogens with one attached hydrogen (secondary N) is 2. The molecular weight excluding hydrogens is 307 g/mol. The summed E-state index contributed by atoms with van der Waals surface area (Å²) in [5.41, 5.74) is 0.684. The fraction of sp³-hybridized carbons (Fsp3) is 0.273. The SMILES string of the molecule is O=C(O)CONS(=O)(=O)c1cc2c(cc1F)NC(=O)CC2. The van der Waals surface area contributed by atoms with Crippen LogP contribution in [0.2, 0.25) is 0 Å². The maximum atomic E-state index is 13.8. The van der Waals surface area contributed by atoms with E-state index in [9.17, 15) is 22.4 Å². The van der Waals surface area contributed by atoms with Gasteiger partial charge in [0.2, 0.25) is 5.91 Å². The molecular formula is C11H11FN2O6S. The summed E-state index contributed by atoms with van der Waals surface area (Å²) in [6.45, 7) is -0.901. The molecule has 0 aliphatic carbocycles. The summed E-state index contributed by atoms with van der Waals surface area (Å²) in [5.74, 6) is -2.74. The maximum absolute atomic E-state index is 13.8. The number of fused-ring (bicyclic) bond motifs is 1. The Morgan fingerprint density at radius 1 is 1.43 bits per heavy atom. The summed E-state index contributed by atoms with van der Waals surface area (Å²) >= 11 is 0. The van der Waals surface area contributed by atoms with Gasteiger partial charge in [-0.2, -0.15) is 0 Å². The molecule has 0 unspecified atom stereocenters. The first-order valence-corrected chi connectivity index (χ1v) is 7.25. The number of hydrogen-bond donors (Lipinski definition) is 3. The molecule has 1 aliphatic rings. The van der Waals surface area contributed by atoms with E-state index in [-0.39, 0.29) is 24.4 Å². The molecule has 0 saturated carbocycles. The van der Waals surface area contributed by atoms with Crippen molar-refractivity contribution in [1.82, 2.24) is 4.89 Å². The minimum absolute atomic E-state index is 0.168. The molecule has 0 atom stereocenters. The Morgan fingerprint density at radius 3 is 2.81 bits per heavy atom. The van der Waals surface area contributed by atoms with Gasteiger partial charge >= 0.3 is 5.97 Å². The second kappa shape index (κ2) is 5.76. The lowest BCUT2D eigenvalue weighted by Crippen LogP contribution is -2.28. The van der Waals surface area contributed by atoms with Gasteiger partial charge in [0.1, 0.15) is 10.7 Å². The smallest absolute Gasteiger partial charge is 0.331 e. The zero-order valence-electron chi connectivity index (χ0n) is 10.6. The molecule has 0 saturated heterocycles. The minimum Gasteiger partial charge on any atom is -0.479 e. The Bertz CT molecular complexity index is 703. The first-order valence-electron chi connectivity index (χ1n) is 5.77. The van der Waals surface area contributed by atoms with E-state index >= 15 is 0 Å². The number of carboxylic acid groups (broad SMARTS) is 1. The van der Waals surface area contributed by atoms with Crippen LogP contribution in [0.5, 0.6) is 0 Å². The second-order valence-electron chi connectivity index (χ2n) is 4.26. The van der Waals surface area contributed by atoms with Crippen molar-refractivity contribution < 1.29 is 32.3 Å². The summed E-state index contributed by atoms with van der Waals surface area (Å²) < 4.78 is 37.5. The Kier molecular flexibility index (Phi) is 4.21. The van der Waals surface area contributed by atoms with Crippen molar-refractivity contribution in [3.63, 3.8) is 0 Å². The van der Waals surface area contributed by atoms with Crippen LogP contribution >= 0.6 is 0 Å². The molecule has 1 heterocycles. The zero-order valence-corrected chi connectivity index (χ0v) is 11.4. The van der Waals surface area contributed by atoms with Crippen LogP contribution in [0.25, 0.3) is 0 Å². The number of sulfonamides is 1. The zero-order chi connectivity index (χ0) is 15.6. The molecule has 1 aliphatic heterocycles. The third kappa shape index (κ3) is 3.54. The summed E-state index contributed by atoms with van der Waals surface area (Å²) in [6.07, 6.45) is 0.445. The van der Waals surface area contributed by atoms with Gasteiger partial charge in [-0.3, -0.25) is 9.63 Å². The molecule has 21 heavy (non-hydrogen) atoms. The molecule has 8 nitrogen and oxygen atoms in total. The number of aryl methyl sites for hydroxylation is 1. The first kappa shape index (κ1) is 15.4. The fourth-order valence-electron chi connectivity index (χ4n) is 1.80. The summed E-state index contributed by atoms with van der Waals surface area (Å²) in [6, 6.07) is 1.98. The summed E-state index contributed by atoms with van der Waals surface area (Å²) in [5, 5.41) is 10.8. The van der Waals surface area contributed by atoms with Gasteiger partial charge in [0, 0.05) is 12.1 Å². The summed E-state index contributed by atoms with van der Waals surface area (Å²) in [7, 11) is -4.36. The van der Waals surface area contributed by atoms with E-state index in [2.05, 4.69) is 10.2 Å². The Labute approximate surface area is 118 Å². The van der Waals surface area contributed by atoms with Crippen LogP contribution in [-0.4, -0.2) is 32.0 Å². The van der Waals surface area contributed by atoms with E-state index in [0.717, 1.165) is 12.1 Å². The van der Waals surface area contributed by atoms with Crippen molar-refractivity contribution in [3.8, 4) is 0 Å². The molecule has 1 amide bonds. The number of rotatable bonds is 5. The highest BCUT2D eigenvalue weighted by molar-refractivity contribution is 7.89. The van der Waals surface area contributed by atoms with E-state index in [1.807, 2.05) is 0 Å². The van der Waals surface area contributed by atoms with Gasteiger partial charge in [-0.05, 0) is 24.1 Å². The third-order valence-corrected chi connectivity index (χ3v) is 3.94. The Morgan fingerprint density at radius 2 is 2.14 bits per heavy atom. The van der Waals surface area contributed by atoms with E-state index in [1.54, 1.807) is 0 Å². The number of carbonyl (C=O) groups is 2. The molecule has 1 aromatic rings. The van der Waals surface area contributed by atoms with Crippen LogP contribution in [-0.2, 0) is 30.9 Å². The van der Waals surface area contributed by atoms with Gasteiger partial charge in [0.15, 0.2) is 6.61 Å². The van der Waals surface area contributed by atoms with Gasteiger partial charge in [-0.25, -0.2) is 17.6 Å². The highest BCUT2D eigenvalue weighted by atomic mass is 32.2. The third-order valence-electron chi connectivity index (χ3n) is 2.71. The van der Waals surface area contributed by atoms with Gasteiger partial charge in [-0.1, -0.05) is 4.89 Å². The fourth-order valence-corrected chi connectivity index (χ4v) is 2.72. The van der Waals surface area contributed by atoms with Crippen molar-refractivity contribution in [2.45, 2.75) is 17.7 Å². The predicted molar refractivity (Wildman–Crippen MR) is 67.3 cm³/mol. The van der Waals surface area contributed by atoms with Crippen LogP contribution in [0.1, 0.15) is 12.0 Å². The lowest BCUT2D eigenvalue weighted by molar-refractivity contribution is -0.143. The average molecular weight is 318 g/mol. The maximum Gasteiger partial charge on any atom is 0.331 e.